The van der Waals surface area contributed by atoms with Crippen molar-refractivity contribution in [3.05, 3.63) is 17.7 Å². The van der Waals surface area contributed by atoms with Crippen LogP contribution in [-0.2, 0) is 0 Å². The van der Waals surface area contributed by atoms with E-state index in [0.717, 1.165) is 12.8 Å². The van der Waals surface area contributed by atoms with Gasteiger partial charge in [0, 0.05) is 30.7 Å². The molecule has 2 bridgehead atoms. The molecule has 2 atom stereocenters. The third kappa shape index (κ3) is 4.84. The van der Waals surface area contributed by atoms with Gasteiger partial charge in [-0.05, 0) is 58.6 Å². The van der Waals surface area contributed by atoms with Crippen molar-refractivity contribution in [3.8, 4) is 17.2 Å². The van der Waals surface area contributed by atoms with Gasteiger partial charge in [0.15, 0.2) is 11.5 Å². The van der Waals surface area contributed by atoms with Gasteiger partial charge in [-0.15, -0.1) is 12.4 Å². The fraction of sp³-hybridized carbons (Fsp3) is 0.667. The summed E-state index contributed by atoms with van der Waals surface area (Å²) in [6.45, 7) is 7.26. The van der Waals surface area contributed by atoms with Crippen LogP contribution < -0.4 is 19.5 Å². The smallest absolute Gasteiger partial charge is 0.254 e. The van der Waals surface area contributed by atoms with E-state index in [1.54, 1.807) is 12.1 Å². The van der Waals surface area contributed by atoms with Crippen LogP contribution in [0.25, 0.3) is 0 Å². The van der Waals surface area contributed by atoms with Crippen LogP contribution in [0.5, 0.6) is 17.2 Å². The zero-order chi connectivity index (χ0) is 19.4. The highest BCUT2D eigenvalue weighted by Crippen LogP contribution is 2.40. The topological polar surface area (TPSA) is 60.0 Å². The van der Waals surface area contributed by atoms with Gasteiger partial charge >= 0.3 is 0 Å². The summed E-state index contributed by atoms with van der Waals surface area (Å²) in [5.41, 5.74) is 0.582. The number of ether oxygens (including phenoxy) is 3. The highest BCUT2D eigenvalue weighted by atomic mass is 35.5. The van der Waals surface area contributed by atoms with E-state index in [2.05, 4.69) is 5.32 Å². The lowest BCUT2D eigenvalue weighted by molar-refractivity contribution is 0.0680. The molecule has 1 N–H and O–H groups in total. The molecule has 2 aliphatic heterocycles. The van der Waals surface area contributed by atoms with Crippen molar-refractivity contribution in [1.29, 1.82) is 0 Å². The summed E-state index contributed by atoms with van der Waals surface area (Å²) in [5.74, 6) is 1.70. The third-order valence-electron chi connectivity index (χ3n) is 5.47. The van der Waals surface area contributed by atoms with Gasteiger partial charge in [-0.1, -0.05) is 0 Å². The first-order valence-corrected chi connectivity index (χ1v) is 10.2. The van der Waals surface area contributed by atoms with Crippen LogP contribution in [0.2, 0.25) is 0 Å². The van der Waals surface area contributed by atoms with E-state index in [1.165, 1.54) is 12.8 Å². The number of carbonyl (C=O) groups is 1. The Hall–Kier alpha value is -1.66. The molecule has 6 nitrogen and oxygen atoms in total. The predicted octanol–water partition coefficient (Wildman–Crippen LogP) is 3.66. The lowest BCUT2D eigenvalue weighted by atomic mass is 9.98. The quantitative estimate of drug-likeness (QED) is 0.706. The van der Waals surface area contributed by atoms with Crippen LogP contribution in [0, 0.1) is 0 Å². The lowest BCUT2D eigenvalue weighted by Gasteiger charge is -2.35. The molecule has 0 saturated carbocycles. The maximum absolute atomic E-state index is 13.2. The Kier molecular flexibility index (Phi) is 8.25. The van der Waals surface area contributed by atoms with Gasteiger partial charge in [0.2, 0.25) is 5.75 Å². The summed E-state index contributed by atoms with van der Waals surface area (Å²) in [5, 5.41) is 3.63. The SMILES string of the molecule is CCOc1cc(C(=O)N(C)C2CC3CCC(C2)N3)cc(OCC)c1OCC.Cl. The molecule has 0 spiro atoms. The molecule has 1 amide bonds. The second-order valence-electron chi connectivity index (χ2n) is 7.28. The van der Waals surface area contributed by atoms with Crippen molar-refractivity contribution in [2.75, 3.05) is 26.9 Å². The molecule has 0 aromatic heterocycles. The lowest BCUT2D eigenvalue weighted by Crippen LogP contribution is -2.48. The maximum Gasteiger partial charge on any atom is 0.254 e. The predicted molar refractivity (Wildman–Crippen MR) is 112 cm³/mol. The third-order valence-corrected chi connectivity index (χ3v) is 5.47. The van der Waals surface area contributed by atoms with Crippen molar-refractivity contribution in [1.82, 2.24) is 10.2 Å². The Balaban J connectivity index is 0.00000280. The minimum absolute atomic E-state index is 0. The number of hydrogen-bond donors (Lipinski definition) is 1. The Morgan fingerprint density at radius 3 is 1.96 bits per heavy atom. The van der Waals surface area contributed by atoms with E-state index in [4.69, 9.17) is 14.2 Å². The summed E-state index contributed by atoms with van der Waals surface area (Å²) in [6.07, 6.45) is 4.48. The molecule has 2 heterocycles. The first-order valence-electron chi connectivity index (χ1n) is 10.2. The molecule has 7 heteroatoms. The van der Waals surface area contributed by atoms with Crippen LogP contribution >= 0.6 is 12.4 Å². The van der Waals surface area contributed by atoms with E-state index in [1.807, 2.05) is 32.7 Å². The number of rotatable bonds is 8. The molecule has 0 radical (unpaired) electrons. The number of amides is 1. The van der Waals surface area contributed by atoms with E-state index in [9.17, 15) is 4.79 Å². The van der Waals surface area contributed by atoms with Crippen molar-refractivity contribution in [2.45, 2.75) is 64.6 Å². The normalized spacial score (nSPS) is 22.9. The summed E-state index contributed by atoms with van der Waals surface area (Å²) >= 11 is 0. The zero-order valence-corrected chi connectivity index (χ0v) is 18.1. The number of nitrogens with zero attached hydrogens (tertiary/aromatic N) is 1. The first kappa shape index (κ1) is 22.6. The van der Waals surface area contributed by atoms with Crippen LogP contribution in [-0.4, -0.2) is 55.8 Å². The second-order valence-corrected chi connectivity index (χ2v) is 7.28. The van der Waals surface area contributed by atoms with E-state index in [-0.39, 0.29) is 24.4 Å². The summed E-state index contributed by atoms with van der Waals surface area (Å²) in [4.78, 5) is 15.1. The number of nitrogens with one attached hydrogen (secondary N) is 1. The number of benzene rings is 1. The largest absolute Gasteiger partial charge is 0.490 e. The van der Waals surface area contributed by atoms with Gasteiger partial charge in [0.1, 0.15) is 0 Å². The molecular weight excluding hydrogens is 380 g/mol. The van der Waals surface area contributed by atoms with Crippen molar-refractivity contribution >= 4 is 18.3 Å². The average molecular weight is 413 g/mol. The molecule has 2 unspecified atom stereocenters. The Labute approximate surface area is 174 Å². The van der Waals surface area contributed by atoms with Gasteiger partial charge in [0.05, 0.1) is 19.8 Å². The number of hydrogen-bond acceptors (Lipinski definition) is 5. The second kappa shape index (κ2) is 10.2. The fourth-order valence-electron chi connectivity index (χ4n) is 4.23. The van der Waals surface area contributed by atoms with Crippen molar-refractivity contribution in [2.24, 2.45) is 0 Å². The molecule has 2 saturated heterocycles. The highest BCUT2D eigenvalue weighted by molar-refractivity contribution is 5.95. The highest BCUT2D eigenvalue weighted by Gasteiger charge is 2.36. The Morgan fingerprint density at radius 1 is 1.00 bits per heavy atom. The number of fused-ring (bicyclic) bond motifs is 2. The van der Waals surface area contributed by atoms with Crippen LogP contribution in [0.1, 0.15) is 56.8 Å². The molecule has 2 fully saturated rings. The number of halogens is 1. The van der Waals surface area contributed by atoms with Gasteiger partial charge < -0.3 is 24.4 Å². The minimum atomic E-state index is 0. The average Bonchev–Trinajstić information content (AvgIpc) is 3.01. The molecule has 0 aliphatic carbocycles. The van der Waals surface area contributed by atoms with E-state index in [0.29, 0.717) is 54.7 Å². The van der Waals surface area contributed by atoms with Gasteiger partial charge in [-0.2, -0.15) is 0 Å². The molecule has 1 aromatic carbocycles. The van der Waals surface area contributed by atoms with Crippen LogP contribution in [0.15, 0.2) is 12.1 Å². The van der Waals surface area contributed by atoms with E-state index < -0.39 is 0 Å². The molecule has 28 heavy (non-hydrogen) atoms. The Bertz CT molecular complexity index is 631. The first-order chi connectivity index (χ1) is 13.1. The molecule has 1 aromatic rings. The van der Waals surface area contributed by atoms with E-state index >= 15 is 0 Å². The van der Waals surface area contributed by atoms with Gasteiger partial charge in [-0.25, -0.2) is 0 Å². The number of piperidine rings is 1. The molecular formula is C21H33ClN2O4. The van der Waals surface area contributed by atoms with Crippen LogP contribution in [0.3, 0.4) is 0 Å². The van der Waals surface area contributed by atoms with Gasteiger partial charge in [-0.3, -0.25) is 4.79 Å². The zero-order valence-electron chi connectivity index (χ0n) is 17.3. The number of carbonyl (C=O) groups excluding carboxylic acids is 1. The summed E-state index contributed by atoms with van der Waals surface area (Å²) in [7, 11) is 1.91. The van der Waals surface area contributed by atoms with Crippen molar-refractivity contribution < 1.29 is 19.0 Å². The van der Waals surface area contributed by atoms with Crippen LogP contribution in [0.4, 0.5) is 0 Å². The standard InChI is InChI=1S/C21H32N2O4.ClH/c1-5-25-18-10-14(11-19(26-6-2)20(18)27-7-3)21(24)23(4)17-12-15-8-9-16(13-17)22-15;/h10-11,15-17,22H,5-9,12-13H2,1-4H3;1H. The Morgan fingerprint density at radius 2 is 1.50 bits per heavy atom. The van der Waals surface area contributed by atoms with Gasteiger partial charge in [0.25, 0.3) is 5.91 Å². The molecule has 2 aliphatic rings. The molecule has 3 rings (SSSR count). The monoisotopic (exact) mass is 412 g/mol. The molecule has 158 valence electrons. The fourth-order valence-corrected chi connectivity index (χ4v) is 4.23. The maximum atomic E-state index is 13.2. The summed E-state index contributed by atoms with van der Waals surface area (Å²) < 4.78 is 17.2. The van der Waals surface area contributed by atoms with Crippen molar-refractivity contribution in [3.63, 3.8) is 0 Å². The summed E-state index contributed by atoms with van der Waals surface area (Å²) in [6, 6.07) is 4.93. The minimum Gasteiger partial charge on any atom is -0.490 e.